The van der Waals surface area contributed by atoms with Gasteiger partial charge in [-0.2, -0.15) is 0 Å². The molecule has 2 nitrogen and oxygen atoms in total. The van der Waals surface area contributed by atoms with Crippen LogP contribution in [0.3, 0.4) is 0 Å². The third kappa shape index (κ3) is 7.82. The quantitative estimate of drug-likeness (QED) is 0.408. The Kier molecular flexibility index (Phi) is 9.17. The number of carbonyl (C=O) groups is 1. The Hall–Kier alpha value is -0.530. The molecule has 0 bridgehead atoms. The summed E-state index contributed by atoms with van der Waals surface area (Å²) in [6, 6.07) is 0. The molecule has 0 unspecified atom stereocenters. The third-order valence-electron chi connectivity index (χ3n) is 2.31. The van der Waals surface area contributed by atoms with Crippen LogP contribution in [0.1, 0.15) is 52.4 Å². The molecule has 1 atom stereocenters. The predicted octanol–water partition coefficient (Wildman–Crippen LogP) is 3.16. The Balaban J connectivity index is 3.46. The normalized spacial score (nSPS) is 12.5. The summed E-state index contributed by atoms with van der Waals surface area (Å²) in [4.78, 5) is 10.0. The van der Waals surface area contributed by atoms with E-state index in [9.17, 15) is 4.79 Å². The molecule has 0 spiro atoms. The van der Waals surface area contributed by atoms with Gasteiger partial charge in [0.2, 0.25) is 0 Å². The van der Waals surface area contributed by atoms with E-state index in [0.29, 0.717) is 19.0 Å². The molecular weight excluding hydrogens is 164 g/mol. The van der Waals surface area contributed by atoms with Gasteiger partial charge in [0.25, 0.3) is 6.47 Å². The lowest BCUT2D eigenvalue weighted by molar-refractivity contribution is -0.130. The molecule has 0 fully saturated rings. The lowest BCUT2D eigenvalue weighted by Gasteiger charge is -2.13. The van der Waals surface area contributed by atoms with E-state index in [-0.39, 0.29) is 0 Å². The smallest absolute Gasteiger partial charge is 0.293 e. The molecule has 0 saturated carbocycles. The fraction of sp³-hybridized carbons (Fsp3) is 0.909. The maximum atomic E-state index is 10.0. The SMILES string of the molecule is CCCCC[C@@H](CCC)COC=O. The van der Waals surface area contributed by atoms with Gasteiger partial charge in [-0.05, 0) is 18.8 Å². The van der Waals surface area contributed by atoms with Crippen LogP contribution in [0.4, 0.5) is 0 Å². The molecule has 0 aromatic carbocycles. The third-order valence-corrected chi connectivity index (χ3v) is 2.31. The molecule has 13 heavy (non-hydrogen) atoms. The van der Waals surface area contributed by atoms with Crippen LogP contribution in [0.25, 0.3) is 0 Å². The van der Waals surface area contributed by atoms with Gasteiger partial charge in [0.15, 0.2) is 0 Å². The average molecular weight is 186 g/mol. The Morgan fingerprint density at radius 2 is 1.92 bits per heavy atom. The van der Waals surface area contributed by atoms with Gasteiger partial charge in [0.05, 0.1) is 6.61 Å². The molecular formula is C11H22O2. The summed E-state index contributed by atoms with van der Waals surface area (Å²) >= 11 is 0. The zero-order valence-corrected chi connectivity index (χ0v) is 8.92. The van der Waals surface area contributed by atoms with Crippen LogP contribution in [-0.4, -0.2) is 13.1 Å². The summed E-state index contributed by atoms with van der Waals surface area (Å²) in [5.74, 6) is 0.585. The Labute approximate surface area is 81.7 Å². The second kappa shape index (κ2) is 9.56. The summed E-state index contributed by atoms with van der Waals surface area (Å²) in [5, 5.41) is 0. The fourth-order valence-electron chi connectivity index (χ4n) is 1.58. The zero-order valence-electron chi connectivity index (χ0n) is 8.92. The molecule has 0 rings (SSSR count). The maximum absolute atomic E-state index is 10.0. The number of hydrogen-bond acceptors (Lipinski definition) is 2. The van der Waals surface area contributed by atoms with Crippen LogP contribution in [-0.2, 0) is 9.53 Å². The number of unbranched alkanes of at least 4 members (excludes halogenated alkanes) is 2. The molecule has 0 aliphatic carbocycles. The topological polar surface area (TPSA) is 26.3 Å². The average Bonchev–Trinajstić information content (AvgIpc) is 2.14. The van der Waals surface area contributed by atoms with Crippen molar-refractivity contribution in [2.24, 2.45) is 5.92 Å². The van der Waals surface area contributed by atoms with Crippen molar-refractivity contribution >= 4 is 6.47 Å². The van der Waals surface area contributed by atoms with Gasteiger partial charge in [-0.3, -0.25) is 4.79 Å². The molecule has 0 aromatic rings. The highest BCUT2D eigenvalue weighted by Gasteiger charge is 2.07. The Morgan fingerprint density at radius 3 is 2.46 bits per heavy atom. The monoisotopic (exact) mass is 186 g/mol. The first-order valence-corrected chi connectivity index (χ1v) is 5.40. The first-order valence-electron chi connectivity index (χ1n) is 5.40. The first-order chi connectivity index (χ1) is 6.35. The van der Waals surface area contributed by atoms with Crippen molar-refractivity contribution < 1.29 is 9.53 Å². The van der Waals surface area contributed by atoms with Crippen LogP contribution < -0.4 is 0 Å². The highest BCUT2D eigenvalue weighted by atomic mass is 16.5. The fourth-order valence-corrected chi connectivity index (χ4v) is 1.58. The van der Waals surface area contributed by atoms with E-state index in [1.54, 1.807) is 0 Å². The van der Waals surface area contributed by atoms with E-state index in [4.69, 9.17) is 4.74 Å². The van der Waals surface area contributed by atoms with E-state index in [1.807, 2.05) is 0 Å². The van der Waals surface area contributed by atoms with Crippen LogP contribution >= 0.6 is 0 Å². The summed E-state index contributed by atoms with van der Waals surface area (Å²) in [7, 11) is 0. The largest absolute Gasteiger partial charge is 0.468 e. The summed E-state index contributed by atoms with van der Waals surface area (Å²) < 4.78 is 4.80. The van der Waals surface area contributed by atoms with Crippen molar-refractivity contribution in [3.63, 3.8) is 0 Å². The second-order valence-electron chi connectivity index (χ2n) is 3.58. The van der Waals surface area contributed by atoms with Gasteiger partial charge in [0, 0.05) is 0 Å². The minimum Gasteiger partial charge on any atom is -0.468 e. The minimum atomic E-state index is 0.558. The predicted molar refractivity (Wildman–Crippen MR) is 54.6 cm³/mol. The van der Waals surface area contributed by atoms with Crippen LogP contribution in [0.15, 0.2) is 0 Å². The second-order valence-corrected chi connectivity index (χ2v) is 3.58. The lowest BCUT2D eigenvalue weighted by Crippen LogP contribution is -2.08. The highest BCUT2D eigenvalue weighted by Crippen LogP contribution is 2.15. The summed E-state index contributed by atoms with van der Waals surface area (Å²) in [6.45, 7) is 5.55. The molecule has 2 heteroatoms. The molecule has 0 amide bonds. The van der Waals surface area contributed by atoms with Gasteiger partial charge in [-0.1, -0.05) is 39.5 Å². The van der Waals surface area contributed by atoms with Gasteiger partial charge in [0.1, 0.15) is 0 Å². The van der Waals surface area contributed by atoms with E-state index >= 15 is 0 Å². The van der Waals surface area contributed by atoms with Crippen molar-refractivity contribution in [3.05, 3.63) is 0 Å². The van der Waals surface area contributed by atoms with Gasteiger partial charge >= 0.3 is 0 Å². The van der Waals surface area contributed by atoms with Crippen molar-refractivity contribution in [2.45, 2.75) is 52.4 Å². The molecule has 0 heterocycles. The minimum absolute atomic E-state index is 0.558. The number of carbonyl (C=O) groups excluding carboxylic acids is 1. The first kappa shape index (κ1) is 12.5. The summed E-state index contributed by atoms with van der Waals surface area (Å²) in [5.41, 5.74) is 0. The Morgan fingerprint density at radius 1 is 1.15 bits per heavy atom. The molecule has 0 aliphatic heterocycles. The molecule has 0 aliphatic rings. The van der Waals surface area contributed by atoms with Crippen molar-refractivity contribution in [3.8, 4) is 0 Å². The van der Waals surface area contributed by atoms with Gasteiger partial charge in [-0.25, -0.2) is 0 Å². The number of rotatable bonds is 9. The lowest BCUT2D eigenvalue weighted by atomic mass is 9.97. The van der Waals surface area contributed by atoms with E-state index in [1.165, 1.54) is 38.5 Å². The van der Waals surface area contributed by atoms with E-state index in [2.05, 4.69) is 13.8 Å². The molecule has 0 N–H and O–H groups in total. The molecule has 0 saturated heterocycles. The van der Waals surface area contributed by atoms with Crippen LogP contribution in [0.5, 0.6) is 0 Å². The Bertz CT molecular complexity index is 113. The van der Waals surface area contributed by atoms with Crippen LogP contribution in [0, 0.1) is 5.92 Å². The van der Waals surface area contributed by atoms with Gasteiger partial charge in [-0.15, -0.1) is 0 Å². The van der Waals surface area contributed by atoms with Crippen molar-refractivity contribution in [1.82, 2.24) is 0 Å². The van der Waals surface area contributed by atoms with Crippen LogP contribution in [0.2, 0.25) is 0 Å². The zero-order chi connectivity index (χ0) is 9.94. The standard InChI is InChI=1S/C11H22O2/c1-3-5-6-8-11(7-4-2)9-13-10-12/h10-11H,3-9H2,1-2H3/t11-/m1/s1. The molecule has 0 aromatic heterocycles. The van der Waals surface area contributed by atoms with Crippen molar-refractivity contribution in [2.75, 3.05) is 6.61 Å². The molecule has 0 radical (unpaired) electrons. The number of ether oxygens (including phenoxy) is 1. The van der Waals surface area contributed by atoms with E-state index < -0.39 is 0 Å². The maximum Gasteiger partial charge on any atom is 0.293 e. The highest BCUT2D eigenvalue weighted by molar-refractivity contribution is 5.36. The van der Waals surface area contributed by atoms with E-state index in [0.717, 1.165) is 0 Å². The number of hydrogen-bond donors (Lipinski definition) is 0. The van der Waals surface area contributed by atoms with Crippen molar-refractivity contribution in [1.29, 1.82) is 0 Å². The summed E-state index contributed by atoms with van der Waals surface area (Å²) in [6.07, 6.45) is 7.38. The molecule has 78 valence electrons. The van der Waals surface area contributed by atoms with Gasteiger partial charge < -0.3 is 4.74 Å².